The van der Waals surface area contributed by atoms with Crippen molar-refractivity contribution in [1.29, 1.82) is 0 Å². The van der Waals surface area contributed by atoms with Gasteiger partial charge in [0.2, 0.25) is 5.91 Å². The highest BCUT2D eigenvalue weighted by Crippen LogP contribution is 2.18. The molecule has 0 bridgehead atoms. The summed E-state index contributed by atoms with van der Waals surface area (Å²) in [6, 6.07) is 12.7. The number of carbonyl (C=O) groups excluding carboxylic acids is 3. The summed E-state index contributed by atoms with van der Waals surface area (Å²) in [5.41, 5.74) is 7.72. The number of primary amides is 1. The second-order valence-electron chi connectivity index (χ2n) is 6.99. The van der Waals surface area contributed by atoms with Crippen molar-refractivity contribution in [3.05, 3.63) is 92.9 Å². The zero-order valence-electron chi connectivity index (χ0n) is 17.1. The number of amides is 3. The summed E-state index contributed by atoms with van der Waals surface area (Å²) in [5.74, 6) is -1.60. The van der Waals surface area contributed by atoms with Gasteiger partial charge in [-0.25, -0.2) is 0 Å². The number of hydrogen-bond acceptors (Lipinski definition) is 4. The standard InChI is InChI=1S/C23H22N4O4/c1-3-14-9-19(21(29)25-12-14)23(31)27-17-6-4-5-16(11-17)26-22(30)18-10-15(20(24)28)8-7-13(18)2/h4-12H,3H2,1-2H3,(H2,24,28)(H,25,29)(H,26,30)(H,27,31). The normalized spacial score (nSPS) is 10.4. The van der Waals surface area contributed by atoms with Gasteiger partial charge in [0, 0.05) is 28.7 Å². The topological polar surface area (TPSA) is 134 Å². The zero-order chi connectivity index (χ0) is 22.5. The Balaban J connectivity index is 1.79. The minimum absolute atomic E-state index is 0.00711. The van der Waals surface area contributed by atoms with Gasteiger partial charge in [0.15, 0.2) is 0 Å². The van der Waals surface area contributed by atoms with Crippen LogP contribution in [0, 0.1) is 6.92 Å². The van der Waals surface area contributed by atoms with E-state index in [1.807, 2.05) is 6.92 Å². The first kappa shape index (κ1) is 21.5. The van der Waals surface area contributed by atoms with Crippen molar-refractivity contribution in [3.63, 3.8) is 0 Å². The molecule has 0 radical (unpaired) electrons. The van der Waals surface area contributed by atoms with Gasteiger partial charge < -0.3 is 21.4 Å². The third-order valence-electron chi connectivity index (χ3n) is 4.76. The minimum atomic E-state index is -0.624. The number of aryl methyl sites for hydroxylation is 2. The van der Waals surface area contributed by atoms with E-state index >= 15 is 0 Å². The van der Waals surface area contributed by atoms with Crippen molar-refractivity contribution in [2.24, 2.45) is 5.73 Å². The number of benzene rings is 2. The largest absolute Gasteiger partial charge is 0.366 e. The van der Waals surface area contributed by atoms with Gasteiger partial charge in [-0.2, -0.15) is 0 Å². The van der Waals surface area contributed by atoms with Crippen LogP contribution in [0.1, 0.15) is 49.1 Å². The second kappa shape index (κ2) is 9.08. The number of nitrogens with two attached hydrogens (primary N) is 1. The monoisotopic (exact) mass is 418 g/mol. The maximum absolute atomic E-state index is 12.7. The van der Waals surface area contributed by atoms with E-state index in [1.165, 1.54) is 6.07 Å². The van der Waals surface area contributed by atoms with E-state index in [9.17, 15) is 19.2 Å². The molecule has 158 valence electrons. The molecule has 3 rings (SSSR count). The van der Waals surface area contributed by atoms with E-state index in [0.29, 0.717) is 28.9 Å². The van der Waals surface area contributed by atoms with Crippen LogP contribution < -0.4 is 21.9 Å². The van der Waals surface area contributed by atoms with E-state index in [-0.39, 0.29) is 11.1 Å². The Morgan fingerprint density at radius 2 is 1.58 bits per heavy atom. The first-order valence-corrected chi connectivity index (χ1v) is 9.63. The third-order valence-corrected chi connectivity index (χ3v) is 4.76. The SMILES string of the molecule is CCc1c[nH]c(=O)c(C(=O)Nc2cccc(NC(=O)c3cc(C(N)=O)ccc3C)c2)c1. The van der Waals surface area contributed by atoms with Crippen molar-refractivity contribution < 1.29 is 14.4 Å². The summed E-state index contributed by atoms with van der Waals surface area (Å²) in [4.78, 5) is 51.2. The molecule has 8 heteroatoms. The highest BCUT2D eigenvalue weighted by Gasteiger charge is 2.14. The highest BCUT2D eigenvalue weighted by atomic mass is 16.2. The molecular formula is C23H22N4O4. The Labute approximate surface area is 178 Å². The summed E-state index contributed by atoms with van der Waals surface area (Å²) >= 11 is 0. The van der Waals surface area contributed by atoms with E-state index in [2.05, 4.69) is 15.6 Å². The molecule has 0 saturated heterocycles. The molecule has 0 atom stereocenters. The van der Waals surface area contributed by atoms with Crippen LogP contribution in [-0.2, 0) is 6.42 Å². The van der Waals surface area contributed by atoms with E-state index in [4.69, 9.17) is 5.73 Å². The first-order valence-electron chi connectivity index (χ1n) is 9.63. The predicted octanol–water partition coefficient (Wildman–Crippen LogP) is 2.85. The summed E-state index contributed by atoms with van der Waals surface area (Å²) in [7, 11) is 0. The fourth-order valence-electron chi connectivity index (χ4n) is 2.99. The lowest BCUT2D eigenvalue weighted by Gasteiger charge is -2.11. The quantitative estimate of drug-likeness (QED) is 0.490. The Kier molecular flexibility index (Phi) is 6.30. The molecule has 0 aliphatic carbocycles. The Morgan fingerprint density at radius 3 is 2.19 bits per heavy atom. The number of aromatic nitrogens is 1. The van der Waals surface area contributed by atoms with Gasteiger partial charge >= 0.3 is 0 Å². The molecule has 31 heavy (non-hydrogen) atoms. The summed E-state index contributed by atoms with van der Waals surface area (Å²) in [5, 5.41) is 5.41. The van der Waals surface area contributed by atoms with Crippen LogP contribution in [-0.4, -0.2) is 22.7 Å². The van der Waals surface area contributed by atoms with Crippen LogP contribution in [0.25, 0.3) is 0 Å². The number of anilines is 2. The number of carbonyl (C=O) groups is 3. The van der Waals surface area contributed by atoms with Crippen molar-refractivity contribution in [3.8, 4) is 0 Å². The zero-order valence-corrected chi connectivity index (χ0v) is 17.1. The molecule has 3 aromatic rings. The summed E-state index contributed by atoms with van der Waals surface area (Å²) < 4.78 is 0. The van der Waals surface area contributed by atoms with Gasteiger partial charge in [0.25, 0.3) is 17.4 Å². The molecule has 1 heterocycles. The number of rotatable bonds is 6. The molecule has 5 N–H and O–H groups in total. The molecule has 0 fully saturated rings. The summed E-state index contributed by atoms with van der Waals surface area (Å²) in [6.07, 6.45) is 2.25. The Morgan fingerprint density at radius 1 is 0.935 bits per heavy atom. The van der Waals surface area contributed by atoms with Crippen LogP contribution in [0.5, 0.6) is 0 Å². The molecule has 3 amide bonds. The lowest BCUT2D eigenvalue weighted by molar-refractivity contribution is 0.0997. The summed E-state index contributed by atoms with van der Waals surface area (Å²) in [6.45, 7) is 3.67. The average Bonchev–Trinajstić information content (AvgIpc) is 2.74. The number of aromatic amines is 1. The highest BCUT2D eigenvalue weighted by molar-refractivity contribution is 6.08. The lowest BCUT2D eigenvalue weighted by Crippen LogP contribution is -2.23. The van der Waals surface area contributed by atoms with Gasteiger partial charge in [0.1, 0.15) is 5.56 Å². The second-order valence-corrected chi connectivity index (χ2v) is 6.99. The van der Waals surface area contributed by atoms with E-state index in [0.717, 1.165) is 5.56 Å². The molecule has 0 aliphatic rings. The van der Waals surface area contributed by atoms with Crippen LogP contribution in [0.2, 0.25) is 0 Å². The maximum Gasteiger partial charge on any atom is 0.261 e. The van der Waals surface area contributed by atoms with Gasteiger partial charge in [-0.15, -0.1) is 0 Å². The predicted molar refractivity (Wildman–Crippen MR) is 118 cm³/mol. The Bertz CT molecular complexity index is 1230. The van der Waals surface area contributed by atoms with E-state index < -0.39 is 23.3 Å². The first-order chi connectivity index (χ1) is 14.8. The lowest BCUT2D eigenvalue weighted by atomic mass is 10.0. The third kappa shape index (κ3) is 5.05. The van der Waals surface area contributed by atoms with Crippen LogP contribution in [0.15, 0.2) is 59.5 Å². The van der Waals surface area contributed by atoms with Crippen molar-refractivity contribution >= 4 is 29.1 Å². The van der Waals surface area contributed by atoms with Crippen molar-refractivity contribution in [2.45, 2.75) is 20.3 Å². The van der Waals surface area contributed by atoms with Gasteiger partial charge in [-0.1, -0.05) is 19.1 Å². The Hall–Kier alpha value is -4.20. The van der Waals surface area contributed by atoms with Gasteiger partial charge in [0.05, 0.1) is 0 Å². The minimum Gasteiger partial charge on any atom is -0.366 e. The fraction of sp³-hybridized carbons (Fsp3) is 0.130. The smallest absolute Gasteiger partial charge is 0.261 e. The molecule has 2 aromatic carbocycles. The number of H-pyrrole nitrogens is 1. The molecule has 1 aromatic heterocycles. The van der Waals surface area contributed by atoms with Crippen molar-refractivity contribution in [2.75, 3.05) is 10.6 Å². The molecule has 8 nitrogen and oxygen atoms in total. The van der Waals surface area contributed by atoms with E-state index in [1.54, 1.807) is 55.6 Å². The molecule has 0 unspecified atom stereocenters. The van der Waals surface area contributed by atoms with Crippen LogP contribution in [0.3, 0.4) is 0 Å². The molecular weight excluding hydrogens is 396 g/mol. The van der Waals surface area contributed by atoms with Crippen LogP contribution in [0.4, 0.5) is 11.4 Å². The fourth-order valence-corrected chi connectivity index (χ4v) is 2.99. The number of pyridine rings is 1. The number of nitrogens with one attached hydrogen (secondary N) is 3. The van der Waals surface area contributed by atoms with Crippen molar-refractivity contribution in [1.82, 2.24) is 4.98 Å². The van der Waals surface area contributed by atoms with Gasteiger partial charge in [-0.05, 0) is 60.9 Å². The number of hydrogen-bond donors (Lipinski definition) is 4. The van der Waals surface area contributed by atoms with Crippen LogP contribution >= 0.6 is 0 Å². The average molecular weight is 418 g/mol. The molecule has 0 saturated carbocycles. The molecule has 0 aliphatic heterocycles. The molecule has 0 spiro atoms. The van der Waals surface area contributed by atoms with Gasteiger partial charge in [-0.3, -0.25) is 19.2 Å². The maximum atomic E-state index is 12.7.